The number of para-hydroxylation sites is 1. The van der Waals surface area contributed by atoms with Crippen molar-refractivity contribution in [2.75, 3.05) is 13.6 Å². The van der Waals surface area contributed by atoms with Crippen LogP contribution in [0.25, 0.3) is 0 Å². The second-order valence-electron chi connectivity index (χ2n) is 4.78. The van der Waals surface area contributed by atoms with Crippen molar-refractivity contribution in [3.63, 3.8) is 0 Å². The van der Waals surface area contributed by atoms with E-state index in [4.69, 9.17) is 0 Å². The Kier molecular flexibility index (Phi) is 8.52. The number of aliphatic imine (C=N–C) groups is 1. The monoisotopic (exact) mass is 469 g/mol. The molecule has 0 amide bonds. The quantitative estimate of drug-likeness (QED) is 0.388. The van der Waals surface area contributed by atoms with Crippen LogP contribution in [-0.4, -0.2) is 35.7 Å². The van der Waals surface area contributed by atoms with Gasteiger partial charge in [0, 0.05) is 38.1 Å². The van der Waals surface area contributed by atoms with Gasteiger partial charge < -0.3 is 15.4 Å². The van der Waals surface area contributed by atoms with Gasteiger partial charge in [0.2, 0.25) is 0 Å². The van der Waals surface area contributed by atoms with Crippen molar-refractivity contribution in [3.05, 3.63) is 48.3 Å². The van der Waals surface area contributed by atoms with Gasteiger partial charge >= 0.3 is 6.36 Å². The number of benzene rings is 1. The molecule has 0 aliphatic carbocycles. The highest BCUT2D eigenvalue weighted by molar-refractivity contribution is 14.0. The van der Waals surface area contributed by atoms with Gasteiger partial charge in [-0.3, -0.25) is 9.67 Å². The molecular weight excluding hydrogens is 450 g/mol. The maximum Gasteiger partial charge on any atom is 0.573 e. The minimum absolute atomic E-state index is 0. The van der Waals surface area contributed by atoms with E-state index >= 15 is 0 Å². The number of hydrogen-bond acceptors (Lipinski definition) is 3. The fourth-order valence-corrected chi connectivity index (χ4v) is 2.00. The molecule has 1 heterocycles. The van der Waals surface area contributed by atoms with Crippen LogP contribution >= 0.6 is 24.0 Å². The molecule has 0 aliphatic rings. The van der Waals surface area contributed by atoms with Gasteiger partial charge in [-0.1, -0.05) is 18.2 Å². The second kappa shape index (κ2) is 10.1. The Hall–Kier alpha value is -1.98. The molecule has 138 valence electrons. The van der Waals surface area contributed by atoms with Crippen LogP contribution in [-0.2, 0) is 13.1 Å². The highest BCUT2D eigenvalue weighted by Gasteiger charge is 2.31. The fraction of sp³-hybridized carbons (Fsp3) is 0.333. The molecule has 0 atom stereocenters. The van der Waals surface area contributed by atoms with Gasteiger partial charge in [0.15, 0.2) is 5.96 Å². The Labute approximate surface area is 160 Å². The van der Waals surface area contributed by atoms with E-state index in [1.165, 1.54) is 12.1 Å². The van der Waals surface area contributed by atoms with Crippen LogP contribution in [0.2, 0.25) is 0 Å². The van der Waals surface area contributed by atoms with E-state index in [1.54, 1.807) is 30.1 Å². The molecular formula is C15H19F3IN5O. The van der Waals surface area contributed by atoms with Crippen molar-refractivity contribution >= 4 is 29.9 Å². The van der Waals surface area contributed by atoms with Gasteiger partial charge in [-0.25, -0.2) is 0 Å². The molecule has 25 heavy (non-hydrogen) atoms. The second-order valence-corrected chi connectivity index (χ2v) is 4.78. The molecule has 1 aromatic heterocycles. The van der Waals surface area contributed by atoms with Gasteiger partial charge in [-0.05, 0) is 12.1 Å². The number of nitrogens with zero attached hydrogens (tertiary/aromatic N) is 3. The lowest BCUT2D eigenvalue weighted by Crippen LogP contribution is -2.38. The Balaban J connectivity index is 0.00000312. The van der Waals surface area contributed by atoms with E-state index in [9.17, 15) is 13.2 Å². The molecule has 0 saturated heterocycles. The number of halogens is 4. The number of aromatic nitrogens is 2. The average Bonchev–Trinajstić information content (AvgIpc) is 3.04. The minimum atomic E-state index is -4.72. The molecule has 6 nitrogen and oxygen atoms in total. The van der Waals surface area contributed by atoms with Crippen molar-refractivity contribution in [2.45, 2.75) is 19.5 Å². The lowest BCUT2D eigenvalue weighted by molar-refractivity contribution is -0.274. The van der Waals surface area contributed by atoms with Crippen LogP contribution in [0.3, 0.4) is 0 Å². The summed E-state index contributed by atoms with van der Waals surface area (Å²) in [4.78, 5) is 4.03. The SMILES string of the molecule is CN=C(NCCn1cccn1)NCc1ccccc1OC(F)(F)F.I. The number of guanidine groups is 1. The van der Waals surface area contributed by atoms with E-state index in [2.05, 4.69) is 25.5 Å². The summed E-state index contributed by atoms with van der Waals surface area (Å²) in [5, 5.41) is 10.1. The van der Waals surface area contributed by atoms with Gasteiger partial charge in [-0.15, -0.1) is 37.1 Å². The third-order valence-electron chi connectivity index (χ3n) is 3.06. The normalized spacial score (nSPS) is 11.6. The summed E-state index contributed by atoms with van der Waals surface area (Å²) in [5.41, 5.74) is 0.379. The first kappa shape index (κ1) is 21.1. The zero-order valence-corrected chi connectivity index (χ0v) is 15.8. The lowest BCUT2D eigenvalue weighted by Gasteiger charge is -2.15. The van der Waals surface area contributed by atoms with Crippen LogP contribution in [0.4, 0.5) is 13.2 Å². The first-order valence-corrected chi connectivity index (χ1v) is 7.23. The summed E-state index contributed by atoms with van der Waals surface area (Å²) < 4.78 is 43.0. The predicted molar refractivity (Wildman–Crippen MR) is 99.0 cm³/mol. The topological polar surface area (TPSA) is 63.5 Å². The first-order valence-electron chi connectivity index (χ1n) is 7.23. The molecule has 0 fully saturated rings. The zero-order chi connectivity index (χ0) is 17.4. The molecule has 0 saturated carbocycles. The summed E-state index contributed by atoms with van der Waals surface area (Å²) in [6, 6.07) is 7.80. The average molecular weight is 469 g/mol. The molecule has 10 heteroatoms. The number of alkyl halides is 3. The van der Waals surface area contributed by atoms with Crippen LogP contribution < -0.4 is 15.4 Å². The number of ether oxygens (including phenoxy) is 1. The van der Waals surface area contributed by atoms with Crippen LogP contribution in [0.1, 0.15) is 5.56 Å². The van der Waals surface area contributed by atoms with Crippen molar-refractivity contribution < 1.29 is 17.9 Å². The van der Waals surface area contributed by atoms with Crippen molar-refractivity contribution in [3.8, 4) is 5.75 Å². The van der Waals surface area contributed by atoms with E-state index in [-0.39, 0.29) is 36.3 Å². The van der Waals surface area contributed by atoms with Crippen LogP contribution in [0.5, 0.6) is 5.75 Å². The fourth-order valence-electron chi connectivity index (χ4n) is 2.00. The molecule has 0 radical (unpaired) electrons. The molecule has 2 N–H and O–H groups in total. The maximum absolute atomic E-state index is 12.4. The summed E-state index contributed by atoms with van der Waals surface area (Å²) in [5.74, 6) is 0.244. The Bertz CT molecular complexity index is 661. The smallest absolute Gasteiger partial charge is 0.405 e. The third-order valence-corrected chi connectivity index (χ3v) is 3.06. The van der Waals surface area contributed by atoms with E-state index < -0.39 is 6.36 Å². The molecule has 0 spiro atoms. The molecule has 0 unspecified atom stereocenters. The molecule has 2 rings (SSSR count). The highest BCUT2D eigenvalue weighted by Crippen LogP contribution is 2.25. The number of hydrogen-bond donors (Lipinski definition) is 2. The van der Waals surface area contributed by atoms with Crippen LogP contribution in [0, 0.1) is 0 Å². The third kappa shape index (κ3) is 7.63. The van der Waals surface area contributed by atoms with Crippen LogP contribution in [0.15, 0.2) is 47.7 Å². The summed E-state index contributed by atoms with van der Waals surface area (Å²) in [6.07, 6.45) is -1.20. The van der Waals surface area contributed by atoms with Crippen molar-refractivity contribution in [2.24, 2.45) is 4.99 Å². The Morgan fingerprint density at radius 3 is 2.64 bits per heavy atom. The largest absolute Gasteiger partial charge is 0.573 e. The van der Waals surface area contributed by atoms with E-state index in [0.29, 0.717) is 24.6 Å². The lowest BCUT2D eigenvalue weighted by atomic mass is 10.2. The molecule has 0 bridgehead atoms. The number of nitrogens with one attached hydrogen (secondary N) is 2. The molecule has 1 aromatic carbocycles. The van der Waals surface area contributed by atoms with Gasteiger partial charge in [0.1, 0.15) is 5.75 Å². The highest BCUT2D eigenvalue weighted by atomic mass is 127. The maximum atomic E-state index is 12.4. The molecule has 2 aromatic rings. The Morgan fingerprint density at radius 2 is 2.00 bits per heavy atom. The Morgan fingerprint density at radius 1 is 1.24 bits per heavy atom. The summed E-state index contributed by atoms with van der Waals surface area (Å²) >= 11 is 0. The zero-order valence-electron chi connectivity index (χ0n) is 13.5. The first-order chi connectivity index (χ1) is 11.5. The standard InChI is InChI=1S/C15H18F3N5O.HI/c1-19-14(20-8-10-23-9-4-7-22-23)21-11-12-5-2-3-6-13(12)24-15(16,17)18;/h2-7,9H,8,10-11H2,1H3,(H2,19,20,21);1H. The summed E-state index contributed by atoms with van der Waals surface area (Å²) in [7, 11) is 1.58. The van der Waals surface area contributed by atoms with Crippen molar-refractivity contribution in [1.29, 1.82) is 0 Å². The minimum Gasteiger partial charge on any atom is -0.405 e. The van der Waals surface area contributed by atoms with Crippen molar-refractivity contribution in [1.82, 2.24) is 20.4 Å². The predicted octanol–water partition coefficient (Wildman–Crippen LogP) is 2.76. The number of rotatable bonds is 6. The summed E-state index contributed by atoms with van der Waals surface area (Å²) in [6.45, 7) is 1.36. The van der Waals surface area contributed by atoms with Gasteiger partial charge in [0.05, 0.1) is 6.54 Å². The van der Waals surface area contributed by atoms with Gasteiger partial charge in [0.25, 0.3) is 0 Å². The van der Waals surface area contributed by atoms with Gasteiger partial charge in [-0.2, -0.15) is 5.10 Å². The van der Waals surface area contributed by atoms with E-state index in [0.717, 1.165) is 0 Å². The van der Waals surface area contributed by atoms with E-state index in [1.807, 2.05) is 12.3 Å². The molecule has 0 aliphatic heterocycles.